The molecule has 0 aliphatic heterocycles. The lowest BCUT2D eigenvalue weighted by atomic mass is 10.2. The number of rotatable bonds is 5. The second kappa shape index (κ2) is 6.69. The maximum atomic E-state index is 11.9. The molecule has 2 rings (SSSR count). The third-order valence-electron chi connectivity index (χ3n) is 2.66. The van der Waals surface area contributed by atoms with Gasteiger partial charge in [-0.2, -0.15) is 4.98 Å². The highest BCUT2D eigenvalue weighted by atomic mass is 16.4. The van der Waals surface area contributed by atoms with Crippen LogP contribution in [0.15, 0.2) is 41.0 Å². The summed E-state index contributed by atoms with van der Waals surface area (Å²) < 4.78 is 5.08. The minimum absolute atomic E-state index is 0.00134. The fourth-order valence-corrected chi connectivity index (χ4v) is 1.58. The molecule has 6 heteroatoms. The molecule has 2 amide bonds. The summed E-state index contributed by atoms with van der Waals surface area (Å²) >= 11 is 0. The third kappa shape index (κ3) is 4.17. The average Bonchev–Trinajstić information content (AvgIpc) is 2.94. The highest BCUT2D eigenvalue weighted by molar-refractivity contribution is 6.03. The number of hydrogen-bond acceptors (Lipinski definition) is 4. The van der Waals surface area contributed by atoms with Crippen LogP contribution in [-0.4, -0.2) is 23.3 Å². The Morgan fingerprint density at radius 2 is 1.90 bits per heavy atom. The fraction of sp³-hybridized carbons (Fsp3) is 0.267. The molecule has 110 valence electrons. The van der Waals surface area contributed by atoms with E-state index < -0.39 is 0 Å². The number of anilines is 1. The van der Waals surface area contributed by atoms with Gasteiger partial charge in [0.15, 0.2) is 5.69 Å². The predicted molar refractivity (Wildman–Crippen MR) is 78.1 cm³/mol. The summed E-state index contributed by atoms with van der Waals surface area (Å²) in [5.74, 6) is -0.322. The zero-order valence-electron chi connectivity index (χ0n) is 11.9. The Bertz CT molecular complexity index is 620. The molecule has 0 saturated heterocycles. The van der Waals surface area contributed by atoms with Crippen molar-refractivity contribution in [2.45, 2.75) is 13.8 Å². The van der Waals surface area contributed by atoms with Crippen molar-refractivity contribution in [3.63, 3.8) is 0 Å². The van der Waals surface area contributed by atoms with Gasteiger partial charge in [0, 0.05) is 12.1 Å². The summed E-state index contributed by atoms with van der Waals surface area (Å²) in [6, 6.07) is 8.69. The van der Waals surface area contributed by atoms with E-state index in [1.165, 1.54) is 6.26 Å². The lowest BCUT2D eigenvalue weighted by molar-refractivity contribution is 0.0943. The molecule has 1 aromatic carbocycles. The van der Waals surface area contributed by atoms with Crippen molar-refractivity contribution in [2.24, 2.45) is 5.92 Å². The molecule has 0 spiro atoms. The Morgan fingerprint density at radius 3 is 2.57 bits per heavy atom. The van der Waals surface area contributed by atoms with Gasteiger partial charge in [0.25, 0.3) is 11.8 Å². The highest BCUT2D eigenvalue weighted by Gasteiger charge is 2.14. The smallest absolute Gasteiger partial charge is 0.302 e. The van der Waals surface area contributed by atoms with Gasteiger partial charge >= 0.3 is 6.01 Å². The van der Waals surface area contributed by atoms with Crippen LogP contribution in [-0.2, 0) is 0 Å². The van der Waals surface area contributed by atoms with Gasteiger partial charge in [-0.05, 0) is 18.1 Å². The molecule has 21 heavy (non-hydrogen) atoms. The van der Waals surface area contributed by atoms with E-state index >= 15 is 0 Å². The van der Waals surface area contributed by atoms with Crippen molar-refractivity contribution >= 4 is 17.8 Å². The SMILES string of the molecule is CC(C)CNC(=O)c1coc(NC(=O)c2ccccc2)n1. The van der Waals surface area contributed by atoms with E-state index in [1.54, 1.807) is 24.3 Å². The molecule has 0 bridgehead atoms. The van der Waals surface area contributed by atoms with E-state index in [4.69, 9.17) is 4.42 Å². The number of aromatic nitrogens is 1. The molecule has 0 unspecified atom stereocenters. The molecule has 6 nitrogen and oxygen atoms in total. The monoisotopic (exact) mass is 287 g/mol. The van der Waals surface area contributed by atoms with Crippen molar-refractivity contribution in [1.82, 2.24) is 10.3 Å². The fourth-order valence-electron chi connectivity index (χ4n) is 1.58. The van der Waals surface area contributed by atoms with Gasteiger partial charge in [0.05, 0.1) is 0 Å². The Hall–Kier alpha value is -2.63. The Morgan fingerprint density at radius 1 is 1.19 bits per heavy atom. The third-order valence-corrected chi connectivity index (χ3v) is 2.66. The number of carbonyl (C=O) groups is 2. The molecular formula is C15H17N3O3. The molecule has 0 aliphatic carbocycles. The van der Waals surface area contributed by atoms with Gasteiger partial charge in [-0.15, -0.1) is 0 Å². The zero-order chi connectivity index (χ0) is 15.2. The van der Waals surface area contributed by atoms with Gasteiger partial charge in [-0.1, -0.05) is 32.0 Å². The van der Waals surface area contributed by atoms with E-state index in [2.05, 4.69) is 15.6 Å². The number of hydrogen-bond donors (Lipinski definition) is 2. The number of oxazole rings is 1. The summed E-state index contributed by atoms with van der Waals surface area (Å²) in [5.41, 5.74) is 0.625. The van der Waals surface area contributed by atoms with Crippen LogP contribution in [0.1, 0.15) is 34.7 Å². The lowest BCUT2D eigenvalue weighted by Crippen LogP contribution is -2.27. The van der Waals surface area contributed by atoms with E-state index in [-0.39, 0.29) is 23.5 Å². The highest BCUT2D eigenvalue weighted by Crippen LogP contribution is 2.09. The van der Waals surface area contributed by atoms with Gasteiger partial charge < -0.3 is 9.73 Å². The van der Waals surface area contributed by atoms with Crippen molar-refractivity contribution in [3.8, 4) is 0 Å². The topological polar surface area (TPSA) is 84.2 Å². The first kappa shape index (κ1) is 14.8. The van der Waals surface area contributed by atoms with Crippen LogP contribution in [0.4, 0.5) is 6.01 Å². The average molecular weight is 287 g/mol. The summed E-state index contributed by atoms with van der Waals surface area (Å²) in [4.78, 5) is 27.6. The van der Waals surface area contributed by atoms with E-state index in [0.717, 1.165) is 0 Å². The van der Waals surface area contributed by atoms with Crippen LogP contribution < -0.4 is 10.6 Å². The second-order valence-electron chi connectivity index (χ2n) is 4.96. The molecule has 0 radical (unpaired) electrons. The number of carbonyl (C=O) groups excluding carboxylic acids is 2. The van der Waals surface area contributed by atoms with Gasteiger partial charge in [-0.3, -0.25) is 14.9 Å². The molecule has 0 atom stereocenters. The van der Waals surface area contributed by atoms with Crippen LogP contribution in [0.3, 0.4) is 0 Å². The van der Waals surface area contributed by atoms with Crippen molar-refractivity contribution in [2.75, 3.05) is 11.9 Å². The molecule has 1 aromatic heterocycles. The second-order valence-corrected chi connectivity index (χ2v) is 4.96. The van der Waals surface area contributed by atoms with E-state index in [9.17, 15) is 9.59 Å². The normalized spacial score (nSPS) is 10.4. The number of nitrogens with one attached hydrogen (secondary N) is 2. The first-order valence-electron chi connectivity index (χ1n) is 6.66. The predicted octanol–water partition coefficient (Wildman–Crippen LogP) is 2.31. The van der Waals surface area contributed by atoms with E-state index in [0.29, 0.717) is 18.0 Å². The summed E-state index contributed by atoms with van der Waals surface area (Å²) in [7, 11) is 0. The molecule has 2 aromatic rings. The first-order valence-corrected chi connectivity index (χ1v) is 6.66. The van der Waals surface area contributed by atoms with Gasteiger partial charge in [0.1, 0.15) is 6.26 Å². The molecule has 1 heterocycles. The number of benzene rings is 1. The van der Waals surface area contributed by atoms with Crippen LogP contribution in [0, 0.1) is 5.92 Å². The standard InChI is InChI=1S/C15H17N3O3/c1-10(2)8-16-14(20)12-9-21-15(17-12)18-13(19)11-6-4-3-5-7-11/h3-7,9-10H,8H2,1-2H3,(H,16,20)(H,17,18,19). The van der Waals surface area contributed by atoms with Crippen LogP contribution in [0.25, 0.3) is 0 Å². The van der Waals surface area contributed by atoms with Crippen molar-refractivity contribution in [1.29, 1.82) is 0 Å². The van der Waals surface area contributed by atoms with Crippen LogP contribution >= 0.6 is 0 Å². The summed E-state index contributed by atoms with van der Waals surface area (Å²) in [6.07, 6.45) is 1.22. The number of amides is 2. The number of nitrogens with zero attached hydrogens (tertiary/aromatic N) is 1. The molecule has 0 fully saturated rings. The Labute approximate surface area is 122 Å². The molecule has 0 aliphatic rings. The van der Waals surface area contributed by atoms with Gasteiger partial charge in [0.2, 0.25) is 0 Å². The maximum absolute atomic E-state index is 11.9. The van der Waals surface area contributed by atoms with Crippen LogP contribution in [0.5, 0.6) is 0 Å². The Balaban J connectivity index is 1.97. The minimum Gasteiger partial charge on any atom is -0.431 e. The minimum atomic E-state index is -0.341. The quantitative estimate of drug-likeness (QED) is 0.883. The van der Waals surface area contributed by atoms with Crippen molar-refractivity contribution in [3.05, 3.63) is 47.9 Å². The molecule has 0 saturated carbocycles. The van der Waals surface area contributed by atoms with E-state index in [1.807, 2.05) is 19.9 Å². The first-order chi connectivity index (χ1) is 10.1. The Kier molecular flexibility index (Phi) is 4.71. The van der Waals surface area contributed by atoms with Crippen molar-refractivity contribution < 1.29 is 14.0 Å². The molecular weight excluding hydrogens is 270 g/mol. The molecule has 2 N–H and O–H groups in total. The maximum Gasteiger partial charge on any atom is 0.302 e. The van der Waals surface area contributed by atoms with Crippen LogP contribution in [0.2, 0.25) is 0 Å². The zero-order valence-corrected chi connectivity index (χ0v) is 11.9. The van der Waals surface area contributed by atoms with Gasteiger partial charge in [-0.25, -0.2) is 0 Å². The summed E-state index contributed by atoms with van der Waals surface area (Å²) in [5, 5.41) is 5.22. The summed E-state index contributed by atoms with van der Waals surface area (Å²) in [6.45, 7) is 4.54. The largest absolute Gasteiger partial charge is 0.431 e. The lowest BCUT2D eigenvalue weighted by Gasteiger charge is -2.04.